The summed E-state index contributed by atoms with van der Waals surface area (Å²) in [6.45, 7) is 7.01. The normalized spacial score (nSPS) is 24.6. The van der Waals surface area contributed by atoms with Gasteiger partial charge in [-0.2, -0.15) is 4.31 Å². The second-order valence-corrected chi connectivity index (χ2v) is 8.73. The highest BCUT2D eigenvalue weighted by atomic mass is 32.2. The first-order valence-electron chi connectivity index (χ1n) is 8.17. The molecule has 2 atom stereocenters. The van der Waals surface area contributed by atoms with Gasteiger partial charge in [0.25, 0.3) is 0 Å². The molecular formula is C17H24N2O4S. The standard InChI is InChI=1S/C17H24N2O4S/c1-10-5-15(11(2)12(3)17(10)23-4)24(21,22)19-8-13-6-16(20)18-7-14(13)9-19/h5,13-14H,6-9H2,1-4H3,(H,18,20)/t13-,14+/m1/s1. The number of amides is 1. The Morgan fingerprint density at radius 1 is 1.17 bits per heavy atom. The van der Waals surface area contributed by atoms with Crippen molar-refractivity contribution in [2.45, 2.75) is 32.1 Å². The van der Waals surface area contributed by atoms with Gasteiger partial charge < -0.3 is 10.1 Å². The first-order chi connectivity index (χ1) is 11.3. The van der Waals surface area contributed by atoms with Crippen LogP contribution < -0.4 is 10.1 Å². The summed E-state index contributed by atoms with van der Waals surface area (Å²) in [5, 5.41) is 2.83. The first kappa shape index (κ1) is 17.2. The van der Waals surface area contributed by atoms with E-state index in [-0.39, 0.29) is 17.7 Å². The summed E-state index contributed by atoms with van der Waals surface area (Å²) in [7, 11) is -1.98. The smallest absolute Gasteiger partial charge is 0.243 e. The SMILES string of the molecule is COc1c(C)cc(S(=O)(=O)N2C[C@H]3CC(=O)NC[C@H]3C2)c(C)c1C. The van der Waals surface area contributed by atoms with E-state index in [1.807, 2.05) is 20.8 Å². The lowest BCUT2D eigenvalue weighted by molar-refractivity contribution is -0.124. The van der Waals surface area contributed by atoms with Gasteiger partial charge in [0.1, 0.15) is 5.75 Å². The number of piperidine rings is 1. The Kier molecular flexibility index (Phi) is 4.34. The minimum atomic E-state index is -3.58. The van der Waals surface area contributed by atoms with Gasteiger partial charge >= 0.3 is 0 Å². The predicted molar refractivity (Wildman–Crippen MR) is 90.6 cm³/mol. The molecule has 2 aliphatic rings. The number of methoxy groups -OCH3 is 1. The average molecular weight is 352 g/mol. The lowest BCUT2D eigenvalue weighted by Crippen LogP contribution is -2.40. The molecule has 1 aromatic rings. The third-order valence-corrected chi connectivity index (χ3v) is 7.31. The molecule has 2 aliphatic heterocycles. The van der Waals surface area contributed by atoms with E-state index >= 15 is 0 Å². The number of benzene rings is 1. The Morgan fingerprint density at radius 2 is 1.83 bits per heavy atom. The molecule has 6 nitrogen and oxygen atoms in total. The highest BCUT2D eigenvalue weighted by Crippen LogP contribution is 2.36. The van der Waals surface area contributed by atoms with E-state index in [9.17, 15) is 13.2 Å². The number of fused-ring (bicyclic) bond motifs is 1. The number of aryl methyl sites for hydroxylation is 1. The van der Waals surface area contributed by atoms with E-state index in [2.05, 4.69) is 5.32 Å². The van der Waals surface area contributed by atoms with Gasteiger partial charge in [0.2, 0.25) is 15.9 Å². The molecule has 2 fully saturated rings. The van der Waals surface area contributed by atoms with Crippen LogP contribution in [0.1, 0.15) is 23.1 Å². The molecule has 0 saturated carbocycles. The van der Waals surface area contributed by atoms with Crippen molar-refractivity contribution in [1.29, 1.82) is 0 Å². The number of rotatable bonds is 3. The van der Waals surface area contributed by atoms with Gasteiger partial charge in [-0.3, -0.25) is 4.79 Å². The fourth-order valence-electron chi connectivity index (χ4n) is 3.85. The third kappa shape index (κ3) is 2.69. The molecule has 0 radical (unpaired) electrons. The fraction of sp³-hybridized carbons (Fsp3) is 0.588. The molecule has 1 amide bonds. The van der Waals surface area contributed by atoms with Crippen LogP contribution in [0.15, 0.2) is 11.0 Å². The largest absolute Gasteiger partial charge is 0.496 e. The highest BCUT2D eigenvalue weighted by Gasteiger charge is 2.42. The second-order valence-electron chi connectivity index (χ2n) is 6.83. The van der Waals surface area contributed by atoms with Crippen LogP contribution in [-0.2, 0) is 14.8 Å². The Labute approximate surface area is 143 Å². The zero-order valence-electron chi connectivity index (χ0n) is 14.5. The van der Waals surface area contributed by atoms with E-state index in [0.717, 1.165) is 22.4 Å². The van der Waals surface area contributed by atoms with Gasteiger partial charge in [-0.25, -0.2) is 8.42 Å². The van der Waals surface area contributed by atoms with Crippen molar-refractivity contribution in [3.63, 3.8) is 0 Å². The Bertz CT molecular complexity index is 788. The van der Waals surface area contributed by atoms with E-state index in [0.29, 0.717) is 31.0 Å². The minimum Gasteiger partial charge on any atom is -0.496 e. The fourth-order valence-corrected chi connectivity index (χ4v) is 5.77. The molecule has 0 bridgehead atoms. The number of hydrogen-bond donors (Lipinski definition) is 1. The topological polar surface area (TPSA) is 75.7 Å². The van der Waals surface area contributed by atoms with Crippen molar-refractivity contribution in [3.8, 4) is 5.75 Å². The average Bonchev–Trinajstić information content (AvgIpc) is 2.95. The van der Waals surface area contributed by atoms with Crippen molar-refractivity contribution < 1.29 is 17.9 Å². The van der Waals surface area contributed by atoms with Crippen LogP contribution in [0.5, 0.6) is 5.75 Å². The summed E-state index contributed by atoms with van der Waals surface area (Å²) < 4.78 is 33.3. The van der Waals surface area contributed by atoms with Gasteiger partial charge in [0.15, 0.2) is 0 Å². The lowest BCUT2D eigenvalue weighted by Gasteiger charge is -2.23. The maximum atomic E-state index is 13.2. The maximum absolute atomic E-state index is 13.2. The molecule has 2 saturated heterocycles. The maximum Gasteiger partial charge on any atom is 0.243 e. The number of sulfonamides is 1. The monoisotopic (exact) mass is 352 g/mol. The van der Waals surface area contributed by atoms with E-state index in [4.69, 9.17) is 4.74 Å². The summed E-state index contributed by atoms with van der Waals surface area (Å²) >= 11 is 0. The molecule has 132 valence electrons. The highest BCUT2D eigenvalue weighted by molar-refractivity contribution is 7.89. The Morgan fingerprint density at radius 3 is 2.50 bits per heavy atom. The summed E-state index contributed by atoms with van der Waals surface area (Å²) in [5.74, 6) is 1.08. The van der Waals surface area contributed by atoms with Crippen LogP contribution in [0, 0.1) is 32.6 Å². The van der Waals surface area contributed by atoms with E-state index < -0.39 is 10.0 Å². The molecule has 2 heterocycles. The zero-order chi connectivity index (χ0) is 17.6. The molecule has 0 unspecified atom stereocenters. The number of hydrogen-bond acceptors (Lipinski definition) is 4. The first-order valence-corrected chi connectivity index (χ1v) is 9.61. The third-order valence-electron chi connectivity index (χ3n) is 5.35. The van der Waals surface area contributed by atoms with Crippen LogP contribution in [-0.4, -0.2) is 45.4 Å². The predicted octanol–water partition coefficient (Wildman–Crippen LogP) is 1.38. The molecule has 0 aliphatic carbocycles. The number of nitrogens with one attached hydrogen (secondary N) is 1. The lowest BCUT2D eigenvalue weighted by atomic mass is 9.89. The van der Waals surface area contributed by atoms with Crippen LogP contribution in [0.3, 0.4) is 0 Å². The van der Waals surface area contributed by atoms with Crippen LogP contribution in [0.2, 0.25) is 0 Å². The van der Waals surface area contributed by atoms with Crippen molar-refractivity contribution in [1.82, 2.24) is 9.62 Å². The van der Waals surface area contributed by atoms with Crippen molar-refractivity contribution in [3.05, 3.63) is 22.8 Å². The van der Waals surface area contributed by atoms with Crippen molar-refractivity contribution >= 4 is 15.9 Å². The molecule has 0 aromatic heterocycles. The number of ether oxygens (including phenoxy) is 1. The van der Waals surface area contributed by atoms with Crippen LogP contribution in [0.4, 0.5) is 0 Å². The number of carbonyl (C=O) groups excluding carboxylic acids is 1. The van der Waals surface area contributed by atoms with Gasteiger partial charge in [0, 0.05) is 26.1 Å². The zero-order valence-corrected chi connectivity index (χ0v) is 15.4. The van der Waals surface area contributed by atoms with Crippen molar-refractivity contribution in [2.24, 2.45) is 11.8 Å². The molecular weight excluding hydrogens is 328 g/mol. The molecule has 7 heteroatoms. The van der Waals surface area contributed by atoms with Crippen LogP contribution >= 0.6 is 0 Å². The van der Waals surface area contributed by atoms with Crippen LogP contribution in [0.25, 0.3) is 0 Å². The van der Waals surface area contributed by atoms with Gasteiger partial charge in [-0.1, -0.05) is 0 Å². The summed E-state index contributed by atoms with van der Waals surface area (Å²) in [6.07, 6.45) is 0.413. The van der Waals surface area contributed by atoms with Gasteiger partial charge in [0.05, 0.1) is 12.0 Å². The summed E-state index contributed by atoms with van der Waals surface area (Å²) in [6, 6.07) is 1.70. The molecule has 1 N–H and O–H groups in total. The molecule has 1 aromatic carbocycles. The summed E-state index contributed by atoms with van der Waals surface area (Å²) in [5.41, 5.74) is 2.39. The van der Waals surface area contributed by atoms with Gasteiger partial charge in [-0.15, -0.1) is 0 Å². The molecule has 0 spiro atoms. The summed E-state index contributed by atoms with van der Waals surface area (Å²) in [4.78, 5) is 11.9. The molecule has 3 rings (SSSR count). The minimum absolute atomic E-state index is 0.0165. The quantitative estimate of drug-likeness (QED) is 0.892. The number of nitrogens with zero attached hydrogens (tertiary/aromatic N) is 1. The second kappa shape index (κ2) is 6.04. The Hall–Kier alpha value is -1.60. The van der Waals surface area contributed by atoms with Gasteiger partial charge in [-0.05, 0) is 55.4 Å². The van der Waals surface area contributed by atoms with Crippen molar-refractivity contribution in [2.75, 3.05) is 26.7 Å². The van der Waals surface area contributed by atoms with E-state index in [1.165, 1.54) is 4.31 Å². The Balaban J connectivity index is 1.96. The number of carbonyl (C=O) groups is 1. The van der Waals surface area contributed by atoms with E-state index in [1.54, 1.807) is 13.2 Å². The molecule has 24 heavy (non-hydrogen) atoms.